The maximum atomic E-state index is 12.9. The lowest BCUT2D eigenvalue weighted by Crippen LogP contribution is -2.35. The number of rotatable bonds is 3. The summed E-state index contributed by atoms with van der Waals surface area (Å²) < 4.78 is 2.44. The Balaban J connectivity index is 1.80. The van der Waals surface area contributed by atoms with E-state index in [2.05, 4.69) is 20.9 Å². The fourth-order valence-corrected chi connectivity index (χ4v) is 4.61. The molecular formula is C16H12BrCl2N3O3. The van der Waals surface area contributed by atoms with Gasteiger partial charge in [-0.05, 0) is 34.8 Å². The average molecular weight is 445 g/mol. The first-order valence-corrected chi connectivity index (χ1v) is 9.19. The first kappa shape index (κ1) is 16.9. The van der Waals surface area contributed by atoms with E-state index < -0.39 is 17.9 Å². The lowest BCUT2D eigenvalue weighted by Gasteiger charge is -2.23. The van der Waals surface area contributed by atoms with Crippen LogP contribution in [0.5, 0.6) is 0 Å². The Hall–Kier alpha value is -1.57. The van der Waals surface area contributed by atoms with E-state index >= 15 is 0 Å². The number of aryl methyl sites for hydroxylation is 1. The summed E-state index contributed by atoms with van der Waals surface area (Å²) in [5.41, 5.74) is 2.08. The number of amides is 1. The number of hydrogen-bond donors (Lipinski definition) is 1. The highest BCUT2D eigenvalue weighted by Gasteiger charge is 2.42. The van der Waals surface area contributed by atoms with E-state index in [1.807, 2.05) is 4.57 Å². The van der Waals surface area contributed by atoms with Crippen LogP contribution in [0.15, 0.2) is 16.9 Å². The topological polar surface area (TPSA) is 75.4 Å². The van der Waals surface area contributed by atoms with E-state index in [0.717, 1.165) is 25.1 Å². The Bertz CT molecular complexity index is 928. The van der Waals surface area contributed by atoms with Crippen molar-refractivity contribution >= 4 is 51.0 Å². The average Bonchev–Trinajstić information content (AvgIpc) is 3.22. The quantitative estimate of drug-likeness (QED) is 0.732. The number of aliphatic carboxylic acids is 1. The third kappa shape index (κ3) is 2.48. The zero-order valence-corrected chi connectivity index (χ0v) is 15.9. The summed E-state index contributed by atoms with van der Waals surface area (Å²) in [6.45, 7) is 0.900. The summed E-state index contributed by atoms with van der Waals surface area (Å²) in [7, 11) is 0. The van der Waals surface area contributed by atoms with E-state index in [1.54, 1.807) is 12.4 Å². The Morgan fingerprint density at radius 1 is 1.40 bits per heavy atom. The van der Waals surface area contributed by atoms with E-state index in [9.17, 15) is 14.7 Å². The summed E-state index contributed by atoms with van der Waals surface area (Å²) in [5.74, 6) is -1.57. The molecule has 2 aromatic rings. The largest absolute Gasteiger partial charge is 0.479 e. The number of hydrogen-bond acceptors (Lipinski definition) is 3. The number of carbonyl (C=O) groups is 2. The Morgan fingerprint density at radius 3 is 2.88 bits per heavy atom. The molecule has 0 bridgehead atoms. The highest BCUT2D eigenvalue weighted by atomic mass is 79.9. The van der Waals surface area contributed by atoms with Crippen LogP contribution in [0, 0.1) is 0 Å². The van der Waals surface area contributed by atoms with Crippen LogP contribution in [0.3, 0.4) is 0 Å². The van der Waals surface area contributed by atoms with E-state index in [0.29, 0.717) is 20.8 Å². The SMILES string of the molecule is O=C(O)C(c1ncn2c1CCC2)N1Cc2c(Cl)cc(Br)c(Cl)c2C1=O. The fraction of sp³-hybridized carbons (Fsp3) is 0.312. The predicted octanol–water partition coefficient (Wildman–Crippen LogP) is 3.68. The van der Waals surface area contributed by atoms with Gasteiger partial charge in [0.2, 0.25) is 0 Å². The van der Waals surface area contributed by atoms with Gasteiger partial charge >= 0.3 is 5.97 Å². The molecule has 130 valence electrons. The molecule has 25 heavy (non-hydrogen) atoms. The minimum absolute atomic E-state index is 0.0866. The number of fused-ring (bicyclic) bond motifs is 2. The number of halogens is 3. The van der Waals surface area contributed by atoms with Crippen molar-refractivity contribution in [3.8, 4) is 0 Å². The molecule has 0 spiro atoms. The third-order valence-corrected chi connectivity index (χ3v) is 6.26. The number of nitrogens with zero attached hydrogens (tertiary/aromatic N) is 3. The molecule has 4 rings (SSSR count). The second-order valence-corrected chi connectivity index (χ2v) is 7.69. The predicted molar refractivity (Wildman–Crippen MR) is 95.0 cm³/mol. The Labute approximate surface area is 161 Å². The summed E-state index contributed by atoms with van der Waals surface area (Å²) >= 11 is 15.8. The standard InChI is InChI=1S/C16H12BrCl2N3O3/c17-8-4-9(18)7-5-22(15(23)11(7)12(8)19)14(16(24)25)13-10-2-1-3-21(10)6-20-13/h4,6,14H,1-3,5H2,(H,24,25). The maximum Gasteiger partial charge on any atom is 0.332 e. The molecule has 0 aliphatic carbocycles. The van der Waals surface area contributed by atoms with Gasteiger partial charge in [-0.1, -0.05) is 23.2 Å². The molecule has 0 saturated carbocycles. The van der Waals surface area contributed by atoms with Crippen LogP contribution in [0.25, 0.3) is 0 Å². The van der Waals surface area contributed by atoms with Crippen molar-refractivity contribution in [3.63, 3.8) is 0 Å². The summed E-state index contributed by atoms with van der Waals surface area (Å²) in [5, 5.41) is 10.4. The van der Waals surface area contributed by atoms with Crippen molar-refractivity contribution in [3.05, 3.63) is 49.4 Å². The molecule has 2 aliphatic heterocycles. The first-order chi connectivity index (χ1) is 11.9. The second kappa shape index (κ2) is 6.00. The van der Waals surface area contributed by atoms with E-state index in [-0.39, 0.29) is 17.1 Å². The first-order valence-electron chi connectivity index (χ1n) is 7.64. The summed E-state index contributed by atoms with van der Waals surface area (Å²) in [6.07, 6.45) is 3.33. The molecule has 1 unspecified atom stereocenters. The number of benzene rings is 1. The van der Waals surface area contributed by atoms with Crippen molar-refractivity contribution in [1.29, 1.82) is 0 Å². The molecule has 0 radical (unpaired) electrons. The number of imidazole rings is 1. The molecule has 3 heterocycles. The van der Waals surface area contributed by atoms with Gasteiger partial charge in [-0.2, -0.15) is 0 Å². The fourth-order valence-electron chi connectivity index (χ4n) is 3.54. The van der Waals surface area contributed by atoms with Crippen molar-refractivity contribution in [1.82, 2.24) is 14.5 Å². The normalized spacial score (nSPS) is 16.9. The van der Waals surface area contributed by atoms with Crippen LogP contribution in [0.4, 0.5) is 0 Å². The van der Waals surface area contributed by atoms with Gasteiger partial charge in [0.25, 0.3) is 5.91 Å². The molecule has 1 atom stereocenters. The van der Waals surface area contributed by atoms with Crippen LogP contribution < -0.4 is 0 Å². The maximum absolute atomic E-state index is 12.9. The van der Waals surface area contributed by atoms with Gasteiger partial charge in [-0.25, -0.2) is 9.78 Å². The van der Waals surface area contributed by atoms with Crippen LogP contribution in [-0.2, 0) is 24.3 Å². The van der Waals surface area contributed by atoms with E-state index in [4.69, 9.17) is 23.2 Å². The van der Waals surface area contributed by atoms with Gasteiger partial charge in [0, 0.05) is 33.8 Å². The minimum Gasteiger partial charge on any atom is -0.479 e. The summed E-state index contributed by atoms with van der Waals surface area (Å²) in [4.78, 5) is 30.5. The minimum atomic E-state index is -1.17. The molecule has 1 N–H and O–H groups in total. The highest BCUT2D eigenvalue weighted by molar-refractivity contribution is 9.10. The highest BCUT2D eigenvalue weighted by Crippen LogP contribution is 2.42. The van der Waals surface area contributed by atoms with Crippen LogP contribution in [-0.4, -0.2) is 31.4 Å². The van der Waals surface area contributed by atoms with Crippen LogP contribution >= 0.6 is 39.1 Å². The molecular weight excluding hydrogens is 433 g/mol. The van der Waals surface area contributed by atoms with Gasteiger partial charge in [0.1, 0.15) is 0 Å². The van der Waals surface area contributed by atoms with Crippen molar-refractivity contribution in [2.75, 3.05) is 0 Å². The molecule has 1 amide bonds. The number of carbonyl (C=O) groups excluding carboxylic acids is 1. The van der Waals surface area contributed by atoms with Crippen LogP contribution in [0.2, 0.25) is 10.0 Å². The lowest BCUT2D eigenvalue weighted by atomic mass is 10.1. The van der Waals surface area contributed by atoms with Gasteiger partial charge in [0.15, 0.2) is 6.04 Å². The smallest absolute Gasteiger partial charge is 0.332 e. The molecule has 9 heteroatoms. The molecule has 1 aromatic carbocycles. The van der Waals surface area contributed by atoms with Gasteiger partial charge in [-0.3, -0.25) is 4.79 Å². The Kier molecular flexibility index (Phi) is 4.05. The van der Waals surface area contributed by atoms with E-state index in [1.165, 1.54) is 4.90 Å². The van der Waals surface area contributed by atoms with Gasteiger partial charge in [0.05, 0.1) is 22.6 Å². The molecule has 1 aromatic heterocycles. The second-order valence-electron chi connectivity index (χ2n) is 6.06. The van der Waals surface area contributed by atoms with Gasteiger partial charge in [-0.15, -0.1) is 0 Å². The molecule has 0 fully saturated rings. The monoisotopic (exact) mass is 443 g/mol. The zero-order chi connectivity index (χ0) is 17.9. The van der Waals surface area contributed by atoms with Crippen molar-refractivity contribution < 1.29 is 14.7 Å². The number of aromatic nitrogens is 2. The molecule has 2 aliphatic rings. The lowest BCUT2D eigenvalue weighted by molar-refractivity contribution is -0.142. The van der Waals surface area contributed by atoms with Crippen LogP contribution in [0.1, 0.15) is 39.8 Å². The number of carboxylic acid groups (broad SMARTS) is 1. The van der Waals surface area contributed by atoms with Crippen molar-refractivity contribution in [2.24, 2.45) is 0 Å². The Morgan fingerprint density at radius 2 is 2.16 bits per heavy atom. The van der Waals surface area contributed by atoms with Crippen molar-refractivity contribution in [2.45, 2.75) is 32.0 Å². The number of carboxylic acids is 1. The molecule has 6 nitrogen and oxygen atoms in total. The third-order valence-electron chi connectivity index (χ3n) is 4.67. The van der Waals surface area contributed by atoms with Gasteiger partial charge < -0.3 is 14.6 Å². The summed E-state index contributed by atoms with van der Waals surface area (Å²) in [6, 6.07) is 0.448. The molecule has 0 saturated heterocycles. The zero-order valence-electron chi connectivity index (χ0n) is 12.8.